The molecule has 1 aromatic heterocycles. The minimum absolute atomic E-state index is 0.0129. The van der Waals surface area contributed by atoms with Crippen LogP contribution >= 0.6 is 0 Å². The SMILES string of the molecule is COC(=O)c1ccc(CS(=O)C(C(=O)O)c2ccccc2)o1. The quantitative estimate of drug-likeness (QED) is 0.819. The van der Waals surface area contributed by atoms with E-state index in [4.69, 9.17) is 4.42 Å². The summed E-state index contributed by atoms with van der Waals surface area (Å²) in [5, 5.41) is 8.15. The molecular formula is C15H14O6S. The number of ether oxygens (including phenoxy) is 1. The van der Waals surface area contributed by atoms with Gasteiger partial charge in [0.2, 0.25) is 5.76 Å². The van der Waals surface area contributed by atoms with Crippen LogP contribution < -0.4 is 0 Å². The van der Waals surface area contributed by atoms with Crippen LogP contribution in [0.2, 0.25) is 0 Å². The van der Waals surface area contributed by atoms with Crippen molar-refractivity contribution in [1.29, 1.82) is 0 Å². The van der Waals surface area contributed by atoms with Crippen LogP contribution in [0.1, 0.15) is 27.1 Å². The van der Waals surface area contributed by atoms with Crippen molar-refractivity contribution in [2.24, 2.45) is 0 Å². The van der Waals surface area contributed by atoms with Crippen molar-refractivity contribution in [3.8, 4) is 0 Å². The fraction of sp³-hybridized carbons (Fsp3) is 0.200. The Morgan fingerprint density at radius 1 is 1.23 bits per heavy atom. The number of carboxylic acid groups (broad SMARTS) is 1. The van der Waals surface area contributed by atoms with Gasteiger partial charge in [0.05, 0.1) is 12.9 Å². The highest BCUT2D eigenvalue weighted by Crippen LogP contribution is 2.23. The molecule has 0 fully saturated rings. The third-order valence-corrected chi connectivity index (χ3v) is 4.49. The molecule has 0 aliphatic heterocycles. The minimum Gasteiger partial charge on any atom is -0.480 e. The van der Waals surface area contributed by atoms with E-state index in [1.54, 1.807) is 30.3 Å². The molecule has 0 radical (unpaired) electrons. The summed E-state index contributed by atoms with van der Waals surface area (Å²) in [4.78, 5) is 22.7. The van der Waals surface area contributed by atoms with Crippen molar-refractivity contribution in [1.82, 2.24) is 0 Å². The molecule has 0 saturated carbocycles. The van der Waals surface area contributed by atoms with E-state index >= 15 is 0 Å². The van der Waals surface area contributed by atoms with Crippen LogP contribution in [0.5, 0.6) is 0 Å². The predicted octanol–water partition coefficient (Wildman–Crippen LogP) is 2.14. The van der Waals surface area contributed by atoms with Gasteiger partial charge in [0, 0.05) is 10.8 Å². The van der Waals surface area contributed by atoms with Gasteiger partial charge in [-0.1, -0.05) is 30.3 Å². The Hall–Kier alpha value is -2.41. The number of rotatable bonds is 6. The number of benzene rings is 1. The summed E-state index contributed by atoms with van der Waals surface area (Å²) >= 11 is 0. The first-order valence-corrected chi connectivity index (χ1v) is 7.73. The molecule has 0 bridgehead atoms. The maximum Gasteiger partial charge on any atom is 0.373 e. The third-order valence-electron chi connectivity index (χ3n) is 2.92. The van der Waals surface area contributed by atoms with Crippen molar-refractivity contribution in [3.63, 3.8) is 0 Å². The standard InChI is InChI=1S/C15H14O6S/c1-20-15(18)12-8-7-11(21-12)9-22(19)13(14(16)17)10-5-3-2-4-6-10/h2-8,13H,9H2,1H3,(H,16,17). The molecule has 1 heterocycles. The Morgan fingerprint density at radius 3 is 2.50 bits per heavy atom. The molecule has 1 N–H and O–H groups in total. The Bertz CT molecular complexity index is 691. The fourth-order valence-corrected chi connectivity index (χ4v) is 3.21. The molecule has 2 atom stereocenters. The number of hydrogen-bond donors (Lipinski definition) is 1. The van der Waals surface area contributed by atoms with Gasteiger partial charge in [-0.05, 0) is 17.7 Å². The van der Waals surface area contributed by atoms with E-state index in [-0.39, 0.29) is 17.3 Å². The van der Waals surface area contributed by atoms with Gasteiger partial charge in [-0.3, -0.25) is 9.00 Å². The van der Waals surface area contributed by atoms with E-state index in [2.05, 4.69) is 4.74 Å². The van der Waals surface area contributed by atoms with E-state index in [1.165, 1.54) is 19.2 Å². The second kappa shape index (κ2) is 7.04. The molecule has 22 heavy (non-hydrogen) atoms. The highest BCUT2D eigenvalue weighted by molar-refractivity contribution is 7.85. The van der Waals surface area contributed by atoms with Crippen molar-refractivity contribution >= 4 is 22.7 Å². The highest BCUT2D eigenvalue weighted by Gasteiger charge is 2.27. The maximum absolute atomic E-state index is 12.4. The van der Waals surface area contributed by atoms with Gasteiger partial charge in [-0.2, -0.15) is 0 Å². The van der Waals surface area contributed by atoms with Crippen molar-refractivity contribution in [2.45, 2.75) is 11.0 Å². The van der Waals surface area contributed by atoms with Gasteiger partial charge in [0.15, 0.2) is 5.25 Å². The second-order valence-electron chi connectivity index (χ2n) is 4.41. The smallest absolute Gasteiger partial charge is 0.373 e. The third kappa shape index (κ3) is 3.62. The molecule has 7 heteroatoms. The number of aliphatic carboxylic acids is 1. The molecule has 2 aromatic rings. The molecule has 0 aliphatic rings. The van der Waals surface area contributed by atoms with Crippen LogP contribution in [-0.4, -0.2) is 28.4 Å². The van der Waals surface area contributed by atoms with E-state index in [1.807, 2.05) is 0 Å². The number of esters is 1. The molecule has 116 valence electrons. The van der Waals surface area contributed by atoms with Crippen LogP contribution in [0.4, 0.5) is 0 Å². The summed E-state index contributed by atoms with van der Waals surface area (Å²) < 4.78 is 22.1. The molecule has 6 nitrogen and oxygen atoms in total. The van der Waals surface area contributed by atoms with Gasteiger partial charge in [-0.25, -0.2) is 4.79 Å². The highest BCUT2D eigenvalue weighted by atomic mass is 32.2. The number of methoxy groups -OCH3 is 1. The van der Waals surface area contributed by atoms with Crippen LogP contribution in [0, 0.1) is 0 Å². The van der Waals surface area contributed by atoms with Gasteiger partial charge >= 0.3 is 11.9 Å². The Balaban J connectivity index is 2.17. The van der Waals surface area contributed by atoms with E-state index < -0.39 is 28.0 Å². The topological polar surface area (TPSA) is 93.8 Å². The number of furan rings is 1. The van der Waals surface area contributed by atoms with Crippen molar-refractivity contribution in [3.05, 3.63) is 59.5 Å². The van der Waals surface area contributed by atoms with E-state index in [9.17, 15) is 18.9 Å². The van der Waals surface area contributed by atoms with Gasteiger partial charge < -0.3 is 14.3 Å². The summed E-state index contributed by atoms with van der Waals surface area (Å²) in [7, 11) is -0.516. The Morgan fingerprint density at radius 2 is 1.91 bits per heavy atom. The first kappa shape index (κ1) is 16.0. The second-order valence-corrected chi connectivity index (χ2v) is 5.93. The Labute approximate surface area is 129 Å². The van der Waals surface area contributed by atoms with E-state index in [0.717, 1.165) is 0 Å². The first-order chi connectivity index (χ1) is 10.5. The summed E-state index contributed by atoms with van der Waals surface area (Å²) in [6.45, 7) is 0. The maximum atomic E-state index is 12.4. The average Bonchev–Trinajstić information content (AvgIpc) is 2.95. The molecule has 0 amide bonds. The molecular weight excluding hydrogens is 308 g/mol. The zero-order chi connectivity index (χ0) is 16.1. The monoisotopic (exact) mass is 322 g/mol. The van der Waals surface area contributed by atoms with Crippen LogP contribution in [0.25, 0.3) is 0 Å². The zero-order valence-electron chi connectivity index (χ0n) is 11.7. The number of carbonyl (C=O) groups excluding carboxylic acids is 1. The van der Waals surface area contributed by atoms with Crippen LogP contribution in [0.15, 0.2) is 46.9 Å². The summed E-state index contributed by atoms with van der Waals surface area (Å²) in [6, 6.07) is 11.2. The summed E-state index contributed by atoms with van der Waals surface area (Å²) in [6.07, 6.45) is 0. The normalized spacial score (nSPS) is 13.3. The van der Waals surface area contributed by atoms with Gasteiger partial charge in [-0.15, -0.1) is 0 Å². The molecule has 0 spiro atoms. The van der Waals surface area contributed by atoms with Crippen molar-refractivity contribution < 1.29 is 28.1 Å². The average molecular weight is 322 g/mol. The summed E-state index contributed by atoms with van der Waals surface area (Å²) in [5.74, 6) is -1.68. The molecule has 0 saturated heterocycles. The first-order valence-electron chi connectivity index (χ1n) is 6.35. The van der Waals surface area contributed by atoms with E-state index in [0.29, 0.717) is 5.56 Å². The largest absolute Gasteiger partial charge is 0.480 e. The molecule has 2 unspecified atom stereocenters. The van der Waals surface area contributed by atoms with Crippen molar-refractivity contribution in [2.75, 3.05) is 7.11 Å². The lowest BCUT2D eigenvalue weighted by Crippen LogP contribution is -2.18. The molecule has 1 aromatic carbocycles. The molecule has 0 aliphatic carbocycles. The van der Waals surface area contributed by atoms with Crippen LogP contribution in [-0.2, 0) is 26.1 Å². The predicted molar refractivity (Wildman–Crippen MR) is 78.7 cm³/mol. The zero-order valence-corrected chi connectivity index (χ0v) is 12.5. The Kier molecular flexibility index (Phi) is 5.11. The number of carbonyl (C=O) groups is 2. The fourth-order valence-electron chi connectivity index (χ4n) is 1.92. The van der Waals surface area contributed by atoms with Gasteiger partial charge in [0.25, 0.3) is 0 Å². The minimum atomic E-state index is -1.74. The van der Waals surface area contributed by atoms with Gasteiger partial charge in [0.1, 0.15) is 5.76 Å². The lowest BCUT2D eigenvalue weighted by molar-refractivity contribution is -0.136. The van der Waals surface area contributed by atoms with Crippen LogP contribution in [0.3, 0.4) is 0 Å². The number of carboxylic acids is 1. The lowest BCUT2D eigenvalue weighted by Gasteiger charge is -2.11. The lowest BCUT2D eigenvalue weighted by atomic mass is 10.1. The molecule has 2 rings (SSSR count). The number of hydrogen-bond acceptors (Lipinski definition) is 5. The summed E-state index contributed by atoms with van der Waals surface area (Å²) in [5.41, 5.74) is 0.452.